The summed E-state index contributed by atoms with van der Waals surface area (Å²) in [5.74, 6) is -1.27. The quantitative estimate of drug-likeness (QED) is 0.760. The molecule has 4 nitrogen and oxygen atoms in total. The molecule has 7 heteroatoms. The summed E-state index contributed by atoms with van der Waals surface area (Å²) in [6, 6.07) is 8.83. The third-order valence-corrected chi connectivity index (χ3v) is 4.24. The first-order valence-corrected chi connectivity index (χ1v) is 7.68. The molecule has 0 aliphatic heterocycles. The molecule has 0 amide bonds. The van der Waals surface area contributed by atoms with Crippen LogP contribution in [-0.4, -0.2) is 14.7 Å². The van der Waals surface area contributed by atoms with Gasteiger partial charge in [0.2, 0.25) is 0 Å². The maximum absolute atomic E-state index is 13.5. The Morgan fingerprint density at radius 3 is 2.62 bits per heavy atom. The Morgan fingerprint density at radius 2 is 1.92 bits per heavy atom. The molecule has 0 saturated heterocycles. The summed E-state index contributed by atoms with van der Waals surface area (Å²) in [7, 11) is 0. The van der Waals surface area contributed by atoms with Gasteiger partial charge < -0.3 is 5.11 Å². The van der Waals surface area contributed by atoms with Gasteiger partial charge in [0.25, 0.3) is 5.56 Å². The lowest BCUT2D eigenvalue weighted by atomic mass is 10.1. The van der Waals surface area contributed by atoms with Gasteiger partial charge in [-0.05, 0) is 35.4 Å². The SMILES string of the molecule is O=c1c(-c2ccc(O)c(F)c2)cncn1Cc1ccc(Cl)c(Cl)c1. The lowest BCUT2D eigenvalue weighted by Crippen LogP contribution is -2.22. The molecule has 3 aromatic rings. The van der Waals surface area contributed by atoms with Gasteiger partial charge in [0.15, 0.2) is 11.6 Å². The van der Waals surface area contributed by atoms with Gasteiger partial charge in [0.05, 0.1) is 28.5 Å². The largest absolute Gasteiger partial charge is 0.505 e. The van der Waals surface area contributed by atoms with Crippen LogP contribution >= 0.6 is 23.2 Å². The van der Waals surface area contributed by atoms with E-state index in [1.807, 2.05) is 0 Å². The molecule has 3 rings (SSSR count). The van der Waals surface area contributed by atoms with Gasteiger partial charge in [0.1, 0.15) is 0 Å². The summed E-state index contributed by atoms with van der Waals surface area (Å²) in [4.78, 5) is 16.6. The molecular formula is C17H11Cl2FN2O2. The van der Waals surface area contributed by atoms with E-state index in [9.17, 15) is 14.3 Å². The Hall–Kier alpha value is -2.37. The maximum atomic E-state index is 13.5. The summed E-state index contributed by atoms with van der Waals surface area (Å²) in [5, 5.41) is 10.1. The first-order valence-electron chi connectivity index (χ1n) is 6.93. The van der Waals surface area contributed by atoms with Crippen LogP contribution in [0.1, 0.15) is 5.56 Å². The Bertz CT molecular complexity index is 973. The van der Waals surface area contributed by atoms with Gasteiger partial charge in [-0.1, -0.05) is 35.3 Å². The topological polar surface area (TPSA) is 55.1 Å². The summed E-state index contributed by atoms with van der Waals surface area (Å²) >= 11 is 11.9. The highest BCUT2D eigenvalue weighted by atomic mass is 35.5. The van der Waals surface area contributed by atoms with Crippen molar-refractivity contribution in [3.63, 3.8) is 0 Å². The Morgan fingerprint density at radius 1 is 1.12 bits per heavy atom. The van der Waals surface area contributed by atoms with Gasteiger partial charge in [-0.15, -0.1) is 0 Å². The zero-order chi connectivity index (χ0) is 17.3. The lowest BCUT2D eigenvalue weighted by molar-refractivity contribution is 0.432. The first-order chi connectivity index (χ1) is 11.5. The summed E-state index contributed by atoms with van der Waals surface area (Å²) in [5.41, 5.74) is 1.02. The van der Waals surface area contributed by atoms with E-state index < -0.39 is 11.6 Å². The van der Waals surface area contributed by atoms with Crippen molar-refractivity contribution in [1.82, 2.24) is 9.55 Å². The molecule has 1 heterocycles. The third-order valence-electron chi connectivity index (χ3n) is 3.50. The molecule has 0 atom stereocenters. The van der Waals surface area contributed by atoms with Crippen LogP contribution in [0.3, 0.4) is 0 Å². The van der Waals surface area contributed by atoms with Gasteiger partial charge in [-0.25, -0.2) is 9.37 Å². The predicted molar refractivity (Wildman–Crippen MR) is 91.1 cm³/mol. The molecule has 1 aromatic heterocycles. The Kier molecular flexibility index (Phi) is 4.55. The molecule has 0 radical (unpaired) electrons. The van der Waals surface area contributed by atoms with E-state index in [0.717, 1.165) is 11.6 Å². The standard InChI is InChI=1S/C17H11Cl2FN2O2/c18-13-3-1-10(5-14(13)19)8-22-9-21-7-12(17(22)24)11-2-4-16(23)15(20)6-11/h1-7,9,23H,8H2. The molecule has 0 unspecified atom stereocenters. The number of rotatable bonds is 3. The van der Waals surface area contributed by atoms with E-state index in [0.29, 0.717) is 15.6 Å². The van der Waals surface area contributed by atoms with E-state index in [1.54, 1.807) is 18.2 Å². The minimum Gasteiger partial charge on any atom is -0.505 e. The van der Waals surface area contributed by atoms with Crippen LogP contribution < -0.4 is 5.56 Å². The van der Waals surface area contributed by atoms with E-state index in [1.165, 1.54) is 29.2 Å². The third kappa shape index (κ3) is 3.27. The molecule has 0 fully saturated rings. The number of benzene rings is 2. The number of phenols is 1. The summed E-state index contributed by atoms with van der Waals surface area (Å²) in [6.45, 7) is 0.247. The Balaban J connectivity index is 2.00. The normalized spacial score (nSPS) is 10.8. The molecular weight excluding hydrogens is 354 g/mol. The highest BCUT2D eigenvalue weighted by Gasteiger charge is 2.10. The van der Waals surface area contributed by atoms with E-state index in [2.05, 4.69) is 4.98 Å². The van der Waals surface area contributed by atoms with E-state index >= 15 is 0 Å². The van der Waals surface area contributed by atoms with Crippen LogP contribution in [-0.2, 0) is 6.54 Å². The Labute approximate surface area is 146 Å². The van der Waals surface area contributed by atoms with Crippen molar-refractivity contribution in [3.05, 3.63) is 80.7 Å². The van der Waals surface area contributed by atoms with Crippen molar-refractivity contribution in [1.29, 1.82) is 0 Å². The average Bonchev–Trinajstić information content (AvgIpc) is 2.56. The zero-order valence-corrected chi connectivity index (χ0v) is 13.7. The molecule has 0 spiro atoms. The van der Waals surface area contributed by atoms with Crippen LogP contribution in [0.15, 0.2) is 53.7 Å². The van der Waals surface area contributed by atoms with Crippen molar-refractivity contribution in [2.45, 2.75) is 6.54 Å². The van der Waals surface area contributed by atoms with Crippen LogP contribution in [0, 0.1) is 5.82 Å². The van der Waals surface area contributed by atoms with Crippen LogP contribution in [0.4, 0.5) is 4.39 Å². The van der Waals surface area contributed by atoms with Crippen LogP contribution in [0.25, 0.3) is 11.1 Å². The molecule has 0 aliphatic carbocycles. The molecule has 0 saturated carbocycles. The fraction of sp³-hybridized carbons (Fsp3) is 0.0588. The number of aromatic hydroxyl groups is 1. The highest BCUT2D eigenvalue weighted by Crippen LogP contribution is 2.24. The number of phenolic OH excluding ortho intramolecular Hbond substituents is 1. The number of aromatic nitrogens is 2. The van der Waals surface area contributed by atoms with Crippen LogP contribution in [0.5, 0.6) is 5.75 Å². The van der Waals surface area contributed by atoms with Crippen molar-refractivity contribution < 1.29 is 9.50 Å². The molecule has 24 heavy (non-hydrogen) atoms. The number of hydrogen-bond acceptors (Lipinski definition) is 3. The average molecular weight is 365 g/mol. The molecule has 122 valence electrons. The smallest absolute Gasteiger partial charge is 0.261 e. The fourth-order valence-electron chi connectivity index (χ4n) is 2.27. The van der Waals surface area contributed by atoms with Gasteiger partial charge in [-0.2, -0.15) is 0 Å². The van der Waals surface area contributed by atoms with E-state index in [-0.39, 0.29) is 17.7 Å². The molecule has 0 bridgehead atoms. The second-order valence-corrected chi connectivity index (χ2v) is 5.97. The van der Waals surface area contributed by atoms with Gasteiger partial charge in [-0.3, -0.25) is 9.36 Å². The van der Waals surface area contributed by atoms with Crippen molar-refractivity contribution in [2.75, 3.05) is 0 Å². The number of halogens is 3. The van der Waals surface area contributed by atoms with Gasteiger partial charge >= 0.3 is 0 Å². The lowest BCUT2D eigenvalue weighted by Gasteiger charge is -2.09. The second kappa shape index (κ2) is 6.63. The zero-order valence-electron chi connectivity index (χ0n) is 12.2. The molecule has 1 N–H and O–H groups in total. The van der Waals surface area contributed by atoms with Crippen molar-refractivity contribution in [2.24, 2.45) is 0 Å². The first kappa shape index (κ1) is 16.5. The number of hydrogen-bond donors (Lipinski definition) is 1. The fourth-order valence-corrected chi connectivity index (χ4v) is 2.59. The van der Waals surface area contributed by atoms with Crippen molar-refractivity contribution >= 4 is 23.2 Å². The monoisotopic (exact) mass is 364 g/mol. The maximum Gasteiger partial charge on any atom is 0.261 e. The minimum atomic E-state index is -0.799. The second-order valence-electron chi connectivity index (χ2n) is 5.16. The molecule has 0 aliphatic rings. The predicted octanol–water partition coefficient (Wildman–Crippen LogP) is 4.11. The minimum absolute atomic E-state index is 0.233. The van der Waals surface area contributed by atoms with Crippen LogP contribution in [0.2, 0.25) is 10.0 Å². The molecule has 2 aromatic carbocycles. The van der Waals surface area contributed by atoms with E-state index in [4.69, 9.17) is 23.2 Å². The highest BCUT2D eigenvalue weighted by molar-refractivity contribution is 6.42. The number of nitrogens with zero attached hydrogens (tertiary/aromatic N) is 2. The summed E-state index contributed by atoms with van der Waals surface area (Å²) in [6.07, 6.45) is 2.75. The summed E-state index contributed by atoms with van der Waals surface area (Å²) < 4.78 is 14.9. The van der Waals surface area contributed by atoms with Gasteiger partial charge in [0, 0.05) is 6.20 Å². The van der Waals surface area contributed by atoms with Crippen molar-refractivity contribution in [3.8, 4) is 16.9 Å².